The van der Waals surface area contributed by atoms with E-state index < -0.39 is 5.97 Å². The quantitative estimate of drug-likeness (QED) is 0.903. The Labute approximate surface area is 112 Å². The first kappa shape index (κ1) is 12.5. The molecule has 1 saturated heterocycles. The summed E-state index contributed by atoms with van der Waals surface area (Å²) in [4.78, 5) is 10.8. The minimum atomic E-state index is -0.743. The van der Waals surface area contributed by atoms with Crippen LogP contribution in [-0.4, -0.2) is 30.9 Å². The minimum absolute atomic E-state index is 0.106. The zero-order valence-electron chi connectivity index (χ0n) is 10.9. The van der Waals surface area contributed by atoms with Crippen LogP contribution in [0, 0.1) is 0 Å². The van der Waals surface area contributed by atoms with Crippen molar-refractivity contribution in [1.82, 2.24) is 0 Å². The van der Waals surface area contributed by atoms with Crippen molar-refractivity contribution < 1.29 is 19.4 Å². The van der Waals surface area contributed by atoms with Crippen LogP contribution in [0.3, 0.4) is 0 Å². The number of carboxylic acids is 1. The van der Waals surface area contributed by atoms with E-state index in [1.165, 1.54) is 11.1 Å². The van der Waals surface area contributed by atoms with E-state index >= 15 is 0 Å². The molecule has 1 aromatic rings. The predicted octanol–water partition coefficient (Wildman–Crippen LogP) is 2.14. The zero-order valence-corrected chi connectivity index (χ0v) is 10.9. The number of fused-ring (bicyclic) bond motifs is 1. The van der Waals surface area contributed by atoms with E-state index in [0.717, 1.165) is 25.2 Å². The number of aliphatic carboxylic acids is 1. The Bertz CT molecular complexity index is 491. The lowest BCUT2D eigenvalue weighted by Crippen LogP contribution is -2.47. The SMILES string of the molecule is O=C(O)CCC1(c2ccc3c(c2)CCCO3)COC1. The molecule has 4 heteroatoms. The molecule has 0 unspecified atom stereocenters. The minimum Gasteiger partial charge on any atom is -0.493 e. The maximum atomic E-state index is 10.8. The summed E-state index contributed by atoms with van der Waals surface area (Å²) in [5, 5.41) is 8.87. The van der Waals surface area contributed by atoms with E-state index in [4.69, 9.17) is 14.6 Å². The van der Waals surface area contributed by atoms with Gasteiger partial charge in [-0.3, -0.25) is 4.79 Å². The number of hydrogen-bond donors (Lipinski definition) is 1. The lowest BCUT2D eigenvalue weighted by Gasteiger charge is -2.42. The van der Waals surface area contributed by atoms with Crippen molar-refractivity contribution in [2.75, 3.05) is 19.8 Å². The molecule has 102 valence electrons. The van der Waals surface area contributed by atoms with Gasteiger partial charge in [0.1, 0.15) is 5.75 Å². The zero-order chi connectivity index (χ0) is 13.3. The highest BCUT2D eigenvalue weighted by molar-refractivity contribution is 5.67. The van der Waals surface area contributed by atoms with Gasteiger partial charge in [-0.15, -0.1) is 0 Å². The van der Waals surface area contributed by atoms with Crippen molar-refractivity contribution in [3.05, 3.63) is 29.3 Å². The molecule has 0 bridgehead atoms. The van der Waals surface area contributed by atoms with Crippen molar-refractivity contribution >= 4 is 5.97 Å². The standard InChI is InChI=1S/C15H18O4/c16-14(17)5-6-15(9-18-10-15)12-3-4-13-11(8-12)2-1-7-19-13/h3-4,8H,1-2,5-7,9-10H2,(H,16,17). The molecule has 0 aromatic heterocycles. The van der Waals surface area contributed by atoms with Gasteiger partial charge in [-0.25, -0.2) is 0 Å². The molecule has 4 nitrogen and oxygen atoms in total. The van der Waals surface area contributed by atoms with Crippen LogP contribution in [0.4, 0.5) is 0 Å². The number of carbonyl (C=O) groups is 1. The molecule has 1 aromatic carbocycles. The maximum Gasteiger partial charge on any atom is 0.303 e. The highest BCUT2D eigenvalue weighted by Gasteiger charge is 2.40. The second-order valence-corrected chi connectivity index (χ2v) is 5.44. The van der Waals surface area contributed by atoms with Crippen molar-refractivity contribution in [3.8, 4) is 5.75 Å². The largest absolute Gasteiger partial charge is 0.493 e. The first-order valence-electron chi connectivity index (χ1n) is 6.75. The van der Waals surface area contributed by atoms with Crippen molar-refractivity contribution in [1.29, 1.82) is 0 Å². The Balaban J connectivity index is 1.85. The third-order valence-corrected chi connectivity index (χ3v) is 4.10. The van der Waals surface area contributed by atoms with Crippen LogP contribution in [0.5, 0.6) is 5.75 Å². The van der Waals surface area contributed by atoms with Crippen LogP contribution in [0.2, 0.25) is 0 Å². The molecule has 2 aliphatic rings. The Hall–Kier alpha value is -1.55. The lowest BCUT2D eigenvalue weighted by molar-refractivity contribution is -0.139. The van der Waals surface area contributed by atoms with E-state index in [-0.39, 0.29) is 11.8 Å². The molecular weight excluding hydrogens is 244 g/mol. The molecular formula is C15H18O4. The first-order chi connectivity index (χ1) is 9.20. The van der Waals surface area contributed by atoms with E-state index in [1.54, 1.807) is 0 Å². The van der Waals surface area contributed by atoms with E-state index in [0.29, 0.717) is 19.6 Å². The van der Waals surface area contributed by atoms with Gasteiger partial charge < -0.3 is 14.6 Å². The van der Waals surface area contributed by atoms with E-state index in [2.05, 4.69) is 12.1 Å². The molecule has 0 radical (unpaired) electrons. The molecule has 2 aliphatic heterocycles. The molecule has 0 saturated carbocycles. The van der Waals surface area contributed by atoms with Gasteiger partial charge in [-0.05, 0) is 36.5 Å². The van der Waals surface area contributed by atoms with Gasteiger partial charge in [0.05, 0.1) is 19.8 Å². The Morgan fingerprint density at radius 3 is 2.89 bits per heavy atom. The Kier molecular flexibility index (Phi) is 3.19. The molecule has 1 fully saturated rings. The maximum absolute atomic E-state index is 10.8. The van der Waals surface area contributed by atoms with Crippen LogP contribution >= 0.6 is 0 Å². The van der Waals surface area contributed by atoms with Crippen LogP contribution < -0.4 is 4.74 Å². The molecule has 0 spiro atoms. The Morgan fingerprint density at radius 2 is 2.21 bits per heavy atom. The first-order valence-corrected chi connectivity index (χ1v) is 6.75. The number of ether oxygens (including phenoxy) is 2. The molecule has 0 atom stereocenters. The van der Waals surface area contributed by atoms with Gasteiger partial charge in [0, 0.05) is 11.8 Å². The fraction of sp³-hybridized carbons (Fsp3) is 0.533. The summed E-state index contributed by atoms with van der Waals surface area (Å²) in [5.74, 6) is 0.233. The van der Waals surface area contributed by atoms with Crippen LogP contribution in [0.25, 0.3) is 0 Å². The summed E-state index contributed by atoms with van der Waals surface area (Å²) < 4.78 is 11.0. The fourth-order valence-corrected chi connectivity index (χ4v) is 2.84. The van der Waals surface area contributed by atoms with Crippen molar-refractivity contribution in [2.24, 2.45) is 0 Å². The van der Waals surface area contributed by atoms with Gasteiger partial charge in [0.15, 0.2) is 0 Å². The molecule has 19 heavy (non-hydrogen) atoms. The normalized spacial score (nSPS) is 20.0. The van der Waals surface area contributed by atoms with E-state index in [9.17, 15) is 4.79 Å². The average molecular weight is 262 g/mol. The molecule has 0 amide bonds. The second kappa shape index (κ2) is 4.85. The highest BCUT2D eigenvalue weighted by Crippen LogP contribution is 2.39. The van der Waals surface area contributed by atoms with Gasteiger partial charge in [-0.1, -0.05) is 12.1 Å². The smallest absolute Gasteiger partial charge is 0.303 e. The number of carboxylic acid groups (broad SMARTS) is 1. The topological polar surface area (TPSA) is 55.8 Å². The van der Waals surface area contributed by atoms with Crippen molar-refractivity contribution in [3.63, 3.8) is 0 Å². The number of benzene rings is 1. The van der Waals surface area contributed by atoms with Crippen molar-refractivity contribution in [2.45, 2.75) is 31.1 Å². The second-order valence-electron chi connectivity index (χ2n) is 5.44. The monoisotopic (exact) mass is 262 g/mol. The third kappa shape index (κ3) is 2.32. The van der Waals surface area contributed by atoms with Crippen LogP contribution in [0.1, 0.15) is 30.4 Å². The molecule has 0 aliphatic carbocycles. The summed E-state index contributed by atoms with van der Waals surface area (Å²) >= 11 is 0. The summed E-state index contributed by atoms with van der Waals surface area (Å²) in [6, 6.07) is 6.26. The molecule has 3 rings (SSSR count). The third-order valence-electron chi connectivity index (χ3n) is 4.10. The van der Waals surface area contributed by atoms with Gasteiger partial charge in [0.25, 0.3) is 0 Å². The summed E-state index contributed by atoms with van der Waals surface area (Å²) in [6.45, 7) is 2.04. The Morgan fingerprint density at radius 1 is 1.37 bits per heavy atom. The molecule has 1 N–H and O–H groups in total. The van der Waals surface area contributed by atoms with Gasteiger partial charge in [-0.2, -0.15) is 0 Å². The predicted molar refractivity (Wildman–Crippen MR) is 69.6 cm³/mol. The van der Waals surface area contributed by atoms with Crippen LogP contribution in [0.15, 0.2) is 18.2 Å². The summed E-state index contributed by atoms with van der Waals surface area (Å²) in [7, 11) is 0. The lowest BCUT2D eigenvalue weighted by atomic mass is 9.74. The number of rotatable bonds is 4. The summed E-state index contributed by atoms with van der Waals surface area (Å²) in [5.41, 5.74) is 2.33. The van der Waals surface area contributed by atoms with E-state index in [1.807, 2.05) is 6.07 Å². The highest BCUT2D eigenvalue weighted by atomic mass is 16.5. The van der Waals surface area contributed by atoms with Gasteiger partial charge in [0.2, 0.25) is 0 Å². The van der Waals surface area contributed by atoms with Crippen LogP contribution in [-0.2, 0) is 21.4 Å². The van der Waals surface area contributed by atoms with Gasteiger partial charge >= 0.3 is 5.97 Å². The average Bonchev–Trinajstić information content (AvgIpc) is 2.37. The number of hydrogen-bond acceptors (Lipinski definition) is 3. The molecule has 2 heterocycles. The number of aryl methyl sites for hydroxylation is 1. The fourth-order valence-electron chi connectivity index (χ4n) is 2.84. The summed E-state index contributed by atoms with van der Waals surface area (Å²) in [6.07, 6.45) is 2.92.